The van der Waals surface area contributed by atoms with E-state index in [0.29, 0.717) is 0 Å². The molecule has 1 atom stereocenters. The number of likely N-dealkylation sites (N-methyl/N-ethyl adjacent to an activating group) is 1. The topological polar surface area (TPSA) is 56.3 Å². The number of thioether (sulfide) groups is 1. The van der Waals surface area contributed by atoms with E-state index in [9.17, 15) is 0 Å². The molecule has 1 unspecified atom stereocenters. The second-order valence-corrected chi connectivity index (χ2v) is 5.96. The molecule has 2 N–H and O–H groups in total. The number of rotatable bonds is 9. The summed E-state index contributed by atoms with van der Waals surface area (Å²) in [7, 11) is 5.78. The van der Waals surface area contributed by atoms with Crippen LogP contribution >= 0.6 is 11.8 Å². The number of hydrogen-bond donors (Lipinski definition) is 1. The Morgan fingerprint density at radius 2 is 2.26 bits per heavy atom. The lowest BCUT2D eigenvalue weighted by molar-refractivity contribution is 0.362. The predicted molar refractivity (Wildman–Crippen MR) is 81.9 cm³/mol. The largest absolute Gasteiger partial charge is 0.493 e. The maximum absolute atomic E-state index is 6.29. The molecule has 0 radical (unpaired) electrons. The maximum atomic E-state index is 6.29. The minimum absolute atomic E-state index is 0.0313. The quantitative estimate of drug-likeness (QED) is 0.699. The Morgan fingerprint density at radius 1 is 1.53 bits per heavy atom. The Morgan fingerprint density at radius 3 is 2.84 bits per heavy atom. The minimum Gasteiger partial charge on any atom is -0.493 e. The van der Waals surface area contributed by atoms with Gasteiger partial charge in [0, 0.05) is 12.3 Å². The molecule has 0 saturated carbocycles. The Balaban J connectivity index is 2.73. The molecule has 0 aliphatic heterocycles. The van der Waals surface area contributed by atoms with Crippen molar-refractivity contribution in [1.82, 2.24) is 14.7 Å². The second kappa shape index (κ2) is 8.45. The summed E-state index contributed by atoms with van der Waals surface area (Å²) in [6.07, 6.45) is 2.93. The molecule has 0 aliphatic rings. The SMILES string of the molecule is CCCSCC(N)c1c(OC)cnn1CCN(C)C. The van der Waals surface area contributed by atoms with Gasteiger partial charge in [-0.05, 0) is 26.3 Å². The van der Waals surface area contributed by atoms with E-state index in [1.54, 1.807) is 13.3 Å². The molecular formula is C13H26N4OS. The zero-order valence-electron chi connectivity index (χ0n) is 12.4. The van der Waals surface area contributed by atoms with E-state index in [0.717, 1.165) is 36.0 Å². The molecule has 0 aliphatic carbocycles. The van der Waals surface area contributed by atoms with Crippen molar-refractivity contribution in [3.63, 3.8) is 0 Å². The van der Waals surface area contributed by atoms with Crippen molar-refractivity contribution in [2.45, 2.75) is 25.9 Å². The molecule has 1 heterocycles. The lowest BCUT2D eigenvalue weighted by Gasteiger charge is -2.17. The first-order valence-corrected chi connectivity index (χ1v) is 7.83. The summed E-state index contributed by atoms with van der Waals surface area (Å²) in [6, 6.07) is -0.0313. The summed E-state index contributed by atoms with van der Waals surface area (Å²) in [4.78, 5) is 2.13. The summed E-state index contributed by atoms with van der Waals surface area (Å²) >= 11 is 1.88. The van der Waals surface area contributed by atoms with Crippen LogP contribution in [0.5, 0.6) is 5.75 Å². The van der Waals surface area contributed by atoms with Crippen molar-refractivity contribution in [1.29, 1.82) is 0 Å². The van der Waals surface area contributed by atoms with Crippen molar-refractivity contribution in [2.24, 2.45) is 5.73 Å². The molecule has 0 aromatic carbocycles. The van der Waals surface area contributed by atoms with Crippen molar-refractivity contribution in [2.75, 3.05) is 39.3 Å². The number of nitrogens with two attached hydrogens (primary N) is 1. The van der Waals surface area contributed by atoms with Crippen LogP contribution in [0.4, 0.5) is 0 Å². The van der Waals surface area contributed by atoms with Crippen LogP contribution in [0.25, 0.3) is 0 Å². The van der Waals surface area contributed by atoms with Gasteiger partial charge in [0.05, 0.1) is 31.6 Å². The van der Waals surface area contributed by atoms with Crippen LogP contribution in [0.3, 0.4) is 0 Å². The molecular weight excluding hydrogens is 260 g/mol. The first-order chi connectivity index (χ1) is 9.10. The van der Waals surface area contributed by atoms with Gasteiger partial charge in [0.25, 0.3) is 0 Å². The van der Waals surface area contributed by atoms with E-state index in [2.05, 4.69) is 31.0 Å². The van der Waals surface area contributed by atoms with Crippen LogP contribution in [0, 0.1) is 0 Å². The van der Waals surface area contributed by atoms with E-state index in [4.69, 9.17) is 10.5 Å². The zero-order chi connectivity index (χ0) is 14.3. The molecule has 0 bridgehead atoms. The molecule has 1 rings (SSSR count). The van der Waals surface area contributed by atoms with E-state index >= 15 is 0 Å². The van der Waals surface area contributed by atoms with Crippen LogP contribution in [0.1, 0.15) is 25.1 Å². The highest BCUT2D eigenvalue weighted by Crippen LogP contribution is 2.26. The van der Waals surface area contributed by atoms with Crippen LogP contribution in [0.2, 0.25) is 0 Å². The predicted octanol–water partition coefficient (Wildman–Crippen LogP) is 1.60. The molecule has 1 aromatic heterocycles. The normalized spacial score (nSPS) is 12.9. The van der Waals surface area contributed by atoms with Gasteiger partial charge in [0.1, 0.15) is 0 Å². The van der Waals surface area contributed by atoms with Gasteiger partial charge in [-0.15, -0.1) is 0 Å². The van der Waals surface area contributed by atoms with Gasteiger partial charge in [0.15, 0.2) is 5.75 Å². The van der Waals surface area contributed by atoms with Gasteiger partial charge >= 0.3 is 0 Å². The Kier molecular flexibility index (Phi) is 7.27. The molecule has 1 aromatic rings. The van der Waals surface area contributed by atoms with Crippen LogP contribution in [-0.2, 0) is 6.54 Å². The van der Waals surface area contributed by atoms with Crippen molar-refractivity contribution in [3.8, 4) is 5.75 Å². The van der Waals surface area contributed by atoms with Gasteiger partial charge in [0.2, 0.25) is 0 Å². The Bertz CT molecular complexity index is 368. The lowest BCUT2D eigenvalue weighted by atomic mass is 10.2. The first kappa shape index (κ1) is 16.3. The highest BCUT2D eigenvalue weighted by Gasteiger charge is 2.18. The van der Waals surface area contributed by atoms with Gasteiger partial charge in [-0.25, -0.2) is 0 Å². The monoisotopic (exact) mass is 286 g/mol. The third kappa shape index (κ3) is 5.04. The summed E-state index contributed by atoms with van der Waals surface area (Å²) in [5, 5.41) is 4.38. The molecule has 5 nitrogen and oxygen atoms in total. The number of nitrogens with zero attached hydrogens (tertiary/aromatic N) is 3. The third-order valence-corrected chi connectivity index (χ3v) is 4.11. The second-order valence-electron chi connectivity index (χ2n) is 4.81. The molecule has 6 heteroatoms. The zero-order valence-corrected chi connectivity index (χ0v) is 13.2. The maximum Gasteiger partial charge on any atom is 0.161 e. The van der Waals surface area contributed by atoms with E-state index in [1.807, 2.05) is 16.4 Å². The van der Waals surface area contributed by atoms with Crippen molar-refractivity contribution in [3.05, 3.63) is 11.9 Å². The fraction of sp³-hybridized carbons (Fsp3) is 0.769. The molecule has 19 heavy (non-hydrogen) atoms. The van der Waals surface area contributed by atoms with Crippen LogP contribution < -0.4 is 10.5 Å². The fourth-order valence-electron chi connectivity index (χ4n) is 1.82. The summed E-state index contributed by atoms with van der Waals surface area (Å²) < 4.78 is 7.34. The third-order valence-electron chi connectivity index (χ3n) is 2.82. The number of hydrogen-bond acceptors (Lipinski definition) is 5. The standard InChI is InChI=1S/C13H26N4OS/c1-5-8-19-10-11(14)13-12(18-4)9-15-17(13)7-6-16(2)3/h9,11H,5-8,10,14H2,1-4H3. The summed E-state index contributed by atoms with van der Waals surface area (Å²) in [5.74, 6) is 2.84. The van der Waals surface area contributed by atoms with Gasteiger partial charge in [-0.2, -0.15) is 16.9 Å². The average molecular weight is 286 g/mol. The van der Waals surface area contributed by atoms with Gasteiger partial charge in [-0.1, -0.05) is 6.92 Å². The summed E-state index contributed by atoms with van der Waals surface area (Å²) in [6.45, 7) is 3.95. The van der Waals surface area contributed by atoms with Crippen LogP contribution in [0.15, 0.2) is 6.20 Å². The number of aromatic nitrogens is 2. The van der Waals surface area contributed by atoms with E-state index in [-0.39, 0.29) is 6.04 Å². The molecule has 110 valence electrons. The van der Waals surface area contributed by atoms with Crippen molar-refractivity contribution < 1.29 is 4.74 Å². The average Bonchev–Trinajstić information content (AvgIpc) is 2.79. The Hall–Kier alpha value is -0.720. The molecule has 0 amide bonds. The smallest absolute Gasteiger partial charge is 0.161 e. The number of methoxy groups -OCH3 is 1. The minimum atomic E-state index is -0.0313. The molecule has 0 spiro atoms. The summed E-state index contributed by atoms with van der Waals surface area (Å²) in [5.41, 5.74) is 7.30. The molecule has 0 saturated heterocycles. The first-order valence-electron chi connectivity index (χ1n) is 6.67. The van der Waals surface area contributed by atoms with Gasteiger partial charge in [-0.3, -0.25) is 4.68 Å². The Labute approximate surface area is 120 Å². The fourth-order valence-corrected chi connectivity index (χ4v) is 2.68. The van der Waals surface area contributed by atoms with Crippen molar-refractivity contribution >= 4 is 11.8 Å². The number of ether oxygens (including phenoxy) is 1. The van der Waals surface area contributed by atoms with E-state index in [1.165, 1.54) is 6.42 Å². The molecule has 0 fully saturated rings. The highest BCUT2D eigenvalue weighted by molar-refractivity contribution is 7.99. The lowest BCUT2D eigenvalue weighted by Crippen LogP contribution is -2.24. The van der Waals surface area contributed by atoms with Crippen LogP contribution in [-0.4, -0.2) is 53.9 Å². The highest BCUT2D eigenvalue weighted by atomic mass is 32.2. The van der Waals surface area contributed by atoms with E-state index < -0.39 is 0 Å². The van der Waals surface area contributed by atoms with Gasteiger partial charge < -0.3 is 15.4 Å².